The van der Waals surface area contributed by atoms with Crippen LogP contribution < -0.4 is 15.5 Å². The molecule has 13 heteroatoms. The molecular weight excluding hydrogens is 560 g/mol. The molecule has 44 heavy (non-hydrogen) atoms. The number of aromatic nitrogens is 6. The zero-order valence-corrected chi connectivity index (χ0v) is 24.7. The van der Waals surface area contributed by atoms with Gasteiger partial charge in [0.2, 0.25) is 5.91 Å². The lowest BCUT2D eigenvalue weighted by molar-refractivity contribution is -0.127. The van der Waals surface area contributed by atoms with E-state index in [-0.39, 0.29) is 29.7 Å². The van der Waals surface area contributed by atoms with Crippen LogP contribution in [0.3, 0.4) is 0 Å². The summed E-state index contributed by atoms with van der Waals surface area (Å²) < 4.78 is 1.97. The third kappa shape index (κ3) is 4.45. The monoisotopic (exact) mass is 592 g/mol. The summed E-state index contributed by atoms with van der Waals surface area (Å²) in [5.74, 6) is 2.21. The highest BCUT2D eigenvalue weighted by Gasteiger charge is 2.65. The maximum absolute atomic E-state index is 13.3. The average molecular weight is 593 g/mol. The van der Waals surface area contributed by atoms with Gasteiger partial charge in [0.15, 0.2) is 5.65 Å². The summed E-state index contributed by atoms with van der Waals surface area (Å²) in [6, 6.07) is 5.29. The van der Waals surface area contributed by atoms with Crippen molar-refractivity contribution in [3.8, 4) is 0 Å². The SMILES string of the molecule is Cc1ccnc(C2CC2C(=O)Nc2cc(NCc3cn4cc(C5CC5)cc(N5C(=O)N(C)C(=O)C56CC6)c4n3)nc(C)n2)n1. The van der Waals surface area contributed by atoms with Crippen LogP contribution in [0.5, 0.6) is 0 Å². The van der Waals surface area contributed by atoms with Gasteiger partial charge in [-0.15, -0.1) is 0 Å². The van der Waals surface area contributed by atoms with E-state index in [1.165, 1.54) is 4.90 Å². The van der Waals surface area contributed by atoms with Gasteiger partial charge in [-0.1, -0.05) is 0 Å². The van der Waals surface area contributed by atoms with E-state index in [1.807, 2.05) is 29.7 Å². The van der Waals surface area contributed by atoms with Crippen molar-refractivity contribution in [2.24, 2.45) is 5.92 Å². The molecule has 8 rings (SSSR count). The van der Waals surface area contributed by atoms with Crippen molar-refractivity contribution in [3.05, 3.63) is 65.4 Å². The van der Waals surface area contributed by atoms with Crippen molar-refractivity contribution < 1.29 is 14.4 Å². The van der Waals surface area contributed by atoms with Gasteiger partial charge in [0.25, 0.3) is 5.91 Å². The Labute approximate surface area is 253 Å². The predicted octanol–water partition coefficient (Wildman–Crippen LogP) is 3.69. The molecule has 2 N–H and O–H groups in total. The fourth-order valence-electron chi connectivity index (χ4n) is 6.30. The Morgan fingerprint density at radius 3 is 2.59 bits per heavy atom. The van der Waals surface area contributed by atoms with Crippen LogP contribution in [0.1, 0.15) is 72.5 Å². The summed E-state index contributed by atoms with van der Waals surface area (Å²) in [5, 5.41) is 6.24. The number of hydrogen-bond acceptors (Lipinski definition) is 9. The summed E-state index contributed by atoms with van der Waals surface area (Å²) >= 11 is 0. The number of aryl methyl sites for hydroxylation is 2. The lowest BCUT2D eigenvalue weighted by Crippen LogP contribution is -2.37. The van der Waals surface area contributed by atoms with Gasteiger partial charge in [-0.25, -0.2) is 29.7 Å². The molecule has 4 amide bonds. The second-order valence-corrected chi connectivity index (χ2v) is 12.4. The first kappa shape index (κ1) is 26.7. The lowest BCUT2D eigenvalue weighted by Gasteiger charge is -2.22. The average Bonchev–Trinajstić information content (AvgIpc) is 3.88. The highest BCUT2D eigenvalue weighted by Crippen LogP contribution is 2.51. The molecule has 0 bridgehead atoms. The number of imidazole rings is 1. The summed E-state index contributed by atoms with van der Waals surface area (Å²) in [6.07, 6.45) is 9.99. The number of urea groups is 1. The number of nitrogens with one attached hydrogen (secondary N) is 2. The zero-order chi connectivity index (χ0) is 30.3. The van der Waals surface area contributed by atoms with Gasteiger partial charge in [-0.05, 0) is 69.6 Å². The van der Waals surface area contributed by atoms with E-state index in [0.29, 0.717) is 66.3 Å². The minimum absolute atomic E-state index is 0.0139. The fraction of sp³-hybridized carbons (Fsp3) is 0.419. The van der Waals surface area contributed by atoms with Crippen molar-refractivity contribution in [2.45, 2.75) is 69.9 Å². The van der Waals surface area contributed by atoms with Gasteiger partial charge in [0.05, 0.1) is 17.9 Å². The summed E-state index contributed by atoms with van der Waals surface area (Å²) in [5.41, 5.74) is 3.30. The number of imide groups is 1. The van der Waals surface area contributed by atoms with Crippen LogP contribution in [0.15, 0.2) is 36.8 Å². The smallest absolute Gasteiger partial charge is 0.332 e. The molecule has 2 unspecified atom stereocenters. The van der Waals surface area contributed by atoms with E-state index >= 15 is 0 Å². The number of pyridine rings is 1. The third-order valence-corrected chi connectivity index (χ3v) is 9.04. The Morgan fingerprint density at radius 2 is 1.84 bits per heavy atom. The molecule has 4 aromatic rings. The summed E-state index contributed by atoms with van der Waals surface area (Å²) in [4.78, 5) is 64.7. The van der Waals surface area contributed by atoms with Crippen LogP contribution in [-0.2, 0) is 16.1 Å². The zero-order valence-electron chi connectivity index (χ0n) is 24.7. The van der Waals surface area contributed by atoms with Crippen LogP contribution in [0, 0.1) is 19.8 Å². The molecule has 1 aliphatic heterocycles. The van der Waals surface area contributed by atoms with E-state index in [2.05, 4.69) is 36.8 Å². The van der Waals surface area contributed by atoms with Crippen molar-refractivity contribution in [1.29, 1.82) is 0 Å². The normalized spacial score (nSPS) is 21.8. The van der Waals surface area contributed by atoms with Crippen molar-refractivity contribution >= 4 is 40.8 Å². The summed E-state index contributed by atoms with van der Waals surface area (Å²) in [7, 11) is 1.55. The molecule has 5 heterocycles. The number of likely N-dealkylation sites (N-methyl/N-ethyl adjacent to an activating group) is 1. The Kier molecular flexibility index (Phi) is 5.78. The largest absolute Gasteiger partial charge is 0.364 e. The van der Waals surface area contributed by atoms with Crippen LogP contribution in [-0.4, -0.2) is 64.7 Å². The minimum atomic E-state index is -0.786. The quantitative estimate of drug-likeness (QED) is 0.292. The van der Waals surface area contributed by atoms with E-state index in [4.69, 9.17) is 4.98 Å². The molecule has 4 aromatic heterocycles. The Hall–Kier alpha value is -4.94. The molecule has 0 radical (unpaired) electrons. The number of hydrogen-bond donors (Lipinski definition) is 2. The molecule has 13 nitrogen and oxygen atoms in total. The van der Waals surface area contributed by atoms with Gasteiger partial charge in [0, 0.05) is 49.2 Å². The molecular formula is C31H32N10O3. The highest BCUT2D eigenvalue weighted by atomic mass is 16.2. The standard InChI is InChI=1S/C31H32N10O3/c1-16-6-9-32-26(34-16)21-11-22(21)28(42)38-25-12-24(35-17(2)36-25)33-13-20-15-40-14-19(18-4-5-18)10-23(27(40)37-20)41-30(44)39(3)29(43)31(41)7-8-31/h6,9-10,12,14-15,18,21-22H,4-5,7-8,11,13H2,1-3H3,(H2,33,35,36,38,42). The van der Waals surface area contributed by atoms with Gasteiger partial charge >= 0.3 is 6.03 Å². The number of fused-ring (bicyclic) bond motifs is 1. The van der Waals surface area contributed by atoms with Crippen molar-refractivity contribution in [1.82, 2.24) is 34.2 Å². The second kappa shape index (κ2) is 9.53. The number of carbonyl (C=O) groups excluding carboxylic acids is 3. The maximum atomic E-state index is 13.3. The Balaban J connectivity index is 1.01. The van der Waals surface area contributed by atoms with E-state index in [0.717, 1.165) is 29.8 Å². The van der Waals surface area contributed by atoms with Crippen LogP contribution in [0.2, 0.25) is 0 Å². The first-order valence-corrected chi connectivity index (χ1v) is 15.0. The van der Waals surface area contributed by atoms with Gasteiger partial charge in [-0.2, -0.15) is 0 Å². The highest BCUT2D eigenvalue weighted by molar-refractivity contribution is 6.19. The van der Waals surface area contributed by atoms with E-state index < -0.39 is 5.54 Å². The Morgan fingerprint density at radius 1 is 1.05 bits per heavy atom. The Bertz CT molecular complexity index is 1880. The molecule has 1 spiro atoms. The number of anilines is 3. The lowest BCUT2D eigenvalue weighted by atomic mass is 10.1. The topological polar surface area (TPSA) is 151 Å². The molecule has 3 aliphatic carbocycles. The number of rotatable bonds is 8. The van der Waals surface area contributed by atoms with Crippen molar-refractivity contribution in [2.75, 3.05) is 22.6 Å². The second-order valence-electron chi connectivity index (χ2n) is 12.4. The van der Waals surface area contributed by atoms with Crippen LogP contribution in [0.25, 0.3) is 5.65 Å². The first-order chi connectivity index (χ1) is 21.2. The van der Waals surface area contributed by atoms with Crippen LogP contribution in [0.4, 0.5) is 22.1 Å². The van der Waals surface area contributed by atoms with E-state index in [9.17, 15) is 14.4 Å². The number of amides is 4. The number of nitrogens with zero attached hydrogens (tertiary/aromatic N) is 8. The molecule has 1 saturated heterocycles. The first-order valence-electron chi connectivity index (χ1n) is 15.0. The molecule has 224 valence electrons. The summed E-state index contributed by atoms with van der Waals surface area (Å²) in [6.45, 7) is 4.05. The van der Waals surface area contributed by atoms with Crippen molar-refractivity contribution in [3.63, 3.8) is 0 Å². The predicted molar refractivity (Wildman–Crippen MR) is 160 cm³/mol. The molecule has 4 aliphatic rings. The molecule has 4 fully saturated rings. The number of carbonyl (C=O) groups is 3. The third-order valence-electron chi connectivity index (χ3n) is 9.04. The molecule has 2 atom stereocenters. The molecule has 3 saturated carbocycles. The minimum Gasteiger partial charge on any atom is -0.364 e. The van der Waals surface area contributed by atoms with Gasteiger partial charge < -0.3 is 15.0 Å². The van der Waals surface area contributed by atoms with Gasteiger partial charge in [0.1, 0.15) is 28.8 Å². The maximum Gasteiger partial charge on any atom is 0.332 e. The van der Waals surface area contributed by atoms with Crippen LogP contribution >= 0.6 is 0 Å². The fourth-order valence-corrected chi connectivity index (χ4v) is 6.30. The molecule has 0 aromatic carbocycles. The van der Waals surface area contributed by atoms with Gasteiger partial charge in [-0.3, -0.25) is 19.4 Å². The van der Waals surface area contributed by atoms with E-state index in [1.54, 1.807) is 31.1 Å².